The van der Waals surface area contributed by atoms with Gasteiger partial charge in [0.15, 0.2) is 0 Å². The average molecular weight is 228 g/mol. The van der Waals surface area contributed by atoms with Gasteiger partial charge in [0.1, 0.15) is 6.04 Å². The quantitative estimate of drug-likeness (QED) is 0.740. The van der Waals surface area contributed by atoms with Crippen LogP contribution in [0.3, 0.4) is 0 Å². The van der Waals surface area contributed by atoms with Gasteiger partial charge in [-0.3, -0.25) is 9.59 Å². The van der Waals surface area contributed by atoms with Crippen molar-refractivity contribution in [2.45, 2.75) is 26.8 Å². The summed E-state index contributed by atoms with van der Waals surface area (Å²) in [6, 6.07) is -0.421. The molecule has 1 N–H and O–H groups in total. The van der Waals surface area contributed by atoms with E-state index in [0.29, 0.717) is 26.3 Å². The second-order valence-corrected chi connectivity index (χ2v) is 4.36. The number of hydrogen-bond acceptors (Lipinski definition) is 3. The van der Waals surface area contributed by atoms with E-state index in [1.165, 1.54) is 6.92 Å². The maximum atomic E-state index is 12.1. The molecule has 0 saturated carbocycles. The normalized spacial score (nSPS) is 18.4. The van der Waals surface area contributed by atoms with E-state index in [2.05, 4.69) is 5.32 Å². The first-order valence-electron chi connectivity index (χ1n) is 5.66. The van der Waals surface area contributed by atoms with E-state index in [9.17, 15) is 9.59 Å². The number of morpholine rings is 1. The third-order valence-corrected chi connectivity index (χ3v) is 2.61. The number of rotatable bonds is 3. The Morgan fingerprint density at radius 2 is 1.81 bits per heavy atom. The summed E-state index contributed by atoms with van der Waals surface area (Å²) in [6.45, 7) is 7.68. The van der Waals surface area contributed by atoms with Crippen LogP contribution >= 0.6 is 0 Å². The van der Waals surface area contributed by atoms with Gasteiger partial charge in [-0.2, -0.15) is 0 Å². The van der Waals surface area contributed by atoms with E-state index in [1.54, 1.807) is 4.90 Å². The lowest BCUT2D eigenvalue weighted by atomic mass is 10.0. The smallest absolute Gasteiger partial charge is 0.245 e. The summed E-state index contributed by atoms with van der Waals surface area (Å²) in [4.78, 5) is 24.9. The lowest BCUT2D eigenvalue weighted by Crippen LogP contribution is -2.53. The summed E-state index contributed by atoms with van der Waals surface area (Å²) in [5.74, 6) is -0.0759. The van der Waals surface area contributed by atoms with Crippen molar-refractivity contribution < 1.29 is 14.3 Å². The maximum absolute atomic E-state index is 12.1. The topological polar surface area (TPSA) is 58.6 Å². The zero-order valence-electron chi connectivity index (χ0n) is 10.2. The zero-order chi connectivity index (χ0) is 12.1. The lowest BCUT2D eigenvalue weighted by Gasteiger charge is -2.32. The Kier molecular flexibility index (Phi) is 4.73. The number of nitrogens with zero attached hydrogens (tertiary/aromatic N) is 1. The fourth-order valence-electron chi connectivity index (χ4n) is 1.71. The molecule has 0 aromatic heterocycles. The average Bonchev–Trinajstić information content (AvgIpc) is 2.25. The molecule has 0 radical (unpaired) electrons. The molecular weight excluding hydrogens is 208 g/mol. The van der Waals surface area contributed by atoms with Crippen LogP contribution in [-0.2, 0) is 14.3 Å². The Labute approximate surface area is 96.1 Å². The van der Waals surface area contributed by atoms with Gasteiger partial charge in [-0.05, 0) is 5.92 Å². The molecule has 5 nitrogen and oxygen atoms in total. The van der Waals surface area contributed by atoms with Crippen molar-refractivity contribution in [3.63, 3.8) is 0 Å². The Bertz CT molecular complexity index is 260. The van der Waals surface area contributed by atoms with Crippen LogP contribution in [0.4, 0.5) is 0 Å². The maximum Gasteiger partial charge on any atom is 0.245 e. The van der Waals surface area contributed by atoms with E-state index >= 15 is 0 Å². The molecule has 0 aromatic rings. The molecule has 0 aliphatic carbocycles. The second-order valence-electron chi connectivity index (χ2n) is 4.36. The van der Waals surface area contributed by atoms with E-state index in [-0.39, 0.29) is 17.7 Å². The summed E-state index contributed by atoms with van der Waals surface area (Å²) in [7, 11) is 0. The van der Waals surface area contributed by atoms with Gasteiger partial charge in [0.05, 0.1) is 13.2 Å². The molecule has 16 heavy (non-hydrogen) atoms. The van der Waals surface area contributed by atoms with Crippen LogP contribution in [0.25, 0.3) is 0 Å². The molecule has 1 aliphatic rings. The summed E-state index contributed by atoms with van der Waals surface area (Å²) >= 11 is 0. The molecular formula is C11H20N2O3. The number of hydrogen-bond donors (Lipinski definition) is 1. The fraction of sp³-hybridized carbons (Fsp3) is 0.818. The highest BCUT2D eigenvalue weighted by Crippen LogP contribution is 2.08. The van der Waals surface area contributed by atoms with Crippen LogP contribution in [0.15, 0.2) is 0 Å². The Hall–Kier alpha value is -1.10. The third kappa shape index (κ3) is 3.48. The molecule has 1 unspecified atom stereocenters. The summed E-state index contributed by atoms with van der Waals surface area (Å²) in [6.07, 6.45) is 0. The molecule has 1 rings (SSSR count). The highest BCUT2D eigenvalue weighted by molar-refractivity contribution is 5.87. The van der Waals surface area contributed by atoms with Crippen LogP contribution in [0.1, 0.15) is 20.8 Å². The van der Waals surface area contributed by atoms with E-state index in [4.69, 9.17) is 4.74 Å². The van der Waals surface area contributed by atoms with Crippen molar-refractivity contribution in [1.82, 2.24) is 10.2 Å². The largest absolute Gasteiger partial charge is 0.378 e. The van der Waals surface area contributed by atoms with Crippen LogP contribution in [0, 0.1) is 5.92 Å². The molecule has 1 fully saturated rings. The summed E-state index contributed by atoms with van der Waals surface area (Å²) in [5, 5.41) is 2.71. The van der Waals surface area contributed by atoms with E-state index < -0.39 is 6.04 Å². The molecule has 92 valence electrons. The number of amides is 2. The summed E-state index contributed by atoms with van der Waals surface area (Å²) < 4.78 is 5.19. The minimum Gasteiger partial charge on any atom is -0.378 e. The summed E-state index contributed by atoms with van der Waals surface area (Å²) in [5.41, 5.74) is 0. The predicted octanol–water partition coefficient (Wildman–Crippen LogP) is 0.00590. The molecule has 0 bridgehead atoms. The van der Waals surface area contributed by atoms with Crippen LogP contribution in [0.2, 0.25) is 0 Å². The van der Waals surface area contributed by atoms with E-state index in [1.807, 2.05) is 13.8 Å². The molecule has 1 heterocycles. The second kappa shape index (κ2) is 5.84. The number of ether oxygens (including phenoxy) is 1. The standard InChI is InChI=1S/C11H20N2O3/c1-8(2)10(12-9(3)14)11(15)13-4-6-16-7-5-13/h8,10H,4-7H2,1-3H3,(H,12,14). The van der Waals surface area contributed by atoms with Gasteiger partial charge in [0.25, 0.3) is 0 Å². The highest BCUT2D eigenvalue weighted by Gasteiger charge is 2.28. The molecule has 1 atom stereocenters. The highest BCUT2D eigenvalue weighted by atomic mass is 16.5. The number of nitrogens with one attached hydrogen (secondary N) is 1. The monoisotopic (exact) mass is 228 g/mol. The van der Waals surface area contributed by atoms with Crippen molar-refractivity contribution >= 4 is 11.8 Å². The Balaban J connectivity index is 2.61. The third-order valence-electron chi connectivity index (χ3n) is 2.61. The predicted molar refractivity (Wildman–Crippen MR) is 59.8 cm³/mol. The lowest BCUT2D eigenvalue weighted by molar-refractivity contribution is -0.140. The first-order valence-corrected chi connectivity index (χ1v) is 5.66. The molecule has 1 saturated heterocycles. The minimum atomic E-state index is -0.421. The van der Waals surface area contributed by atoms with Crippen molar-refractivity contribution in [3.8, 4) is 0 Å². The van der Waals surface area contributed by atoms with Gasteiger partial charge in [-0.15, -0.1) is 0 Å². The molecule has 0 aromatic carbocycles. The molecule has 0 spiro atoms. The van der Waals surface area contributed by atoms with Gasteiger partial charge in [-0.25, -0.2) is 0 Å². The van der Waals surface area contributed by atoms with Gasteiger partial charge in [0.2, 0.25) is 11.8 Å². The Morgan fingerprint density at radius 3 is 2.25 bits per heavy atom. The van der Waals surface area contributed by atoms with Crippen molar-refractivity contribution in [2.75, 3.05) is 26.3 Å². The van der Waals surface area contributed by atoms with Crippen LogP contribution < -0.4 is 5.32 Å². The van der Waals surface area contributed by atoms with Crippen LogP contribution in [-0.4, -0.2) is 49.1 Å². The molecule has 5 heteroatoms. The first-order chi connectivity index (χ1) is 7.52. The number of carbonyl (C=O) groups excluding carboxylic acids is 2. The fourth-order valence-corrected chi connectivity index (χ4v) is 1.71. The van der Waals surface area contributed by atoms with Gasteiger partial charge in [0, 0.05) is 20.0 Å². The van der Waals surface area contributed by atoms with Crippen molar-refractivity contribution in [1.29, 1.82) is 0 Å². The first kappa shape index (κ1) is 13.0. The minimum absolute atomic E-state index is 0.00602. The van der Waals surface area contributed by atoms with Gasteiger partial charge in [-0.1, -0.05) is 13.8 Å². The SMILES string of the molecule is CC(=O)NC(C(=O)N1CCOCC1)C(C)C. The molecule has 1 aliphatic heterocycles. The molecule has 2 amide bonds. The van der Waals surface area contributed by atoms with Crippen molar-refractivity contribution in [3.05, 3.63) is 0 Å². The Morgan fingerprint density at radius 1 is 1.25 bits per heavy atom. The van der Waals surface area contributed by atoms with Gasteiger partial charge < -0.3 is 15.0 Å². The number of carbonyl (C=O) groups is 2. The zero-order valence-corrected chi connectivity index (χ0v) is 10.2. The van der Waals surface area contributed by atoms with Crippen molar-refractivity contribution in [2.24, 2.45) is 5.92 Å². The van der Waals surface area contributed by atoms with E-state index in [0.717, 1.165) is 0 Å². The van der Waals surface area contributed by atoms with Gasteiger partial charge >= 0.3 is 0 Å². The van der Waals surface area contributed by atoms with Crippen LogP contribution in [0.5, 0.6) is 0 Å².